The number of carbonyl (C=O) groups excluding carboxylic acids is 5. The minimum Gasteiger partial charge on any atom is -0.384 e. The summed E-state index contributed by atoms with van der Waals surface area (Å²) in [6.07, 6.45) is 27.1. The van der Waals surface area contributed by atoms with Crippen LogP contribution in [0.2, 0.25) is 0 Å². The van der Waals surface area contributed by atoms with Gasteiger partial charge < -0.3 is 54.4 Å². The van der Waals surface area contributed by atoms with Gasteiger partial charge in [0.25, 0.3) is 45.9 Å². The highest BCUT2D eigenvalue weighted by Crippen LogP contribution is 2.48. The summed E-state index contributed by atoms with van der Waals surface area (Å²) < 4.78 is 6.10. The number of aromatic nitrogens is 12. The minimum atomic E-state index is -1.00. The highest BCUT2D eigenvalue weighted by molar-refractivity contribution is 5.98. The minimum absolute atomic E-state index is 0.0463. The molecule has 0 spiro atoms. The van der Waals surface area contributed by atoms with Crippen molar-refractivity contribution in [1.82, 2.24) is 78.6 Å². The van der Waals surface area contributed by atoms with Crippen molar-refractivity contribution in [3.05, 3.63) is 162 Å². The molecule has 5 saturated carbocycles. The maximum absolute atomic E-state index is 13.3. The number of amides is 5. The molecular formula is C74H82N26O9. The van der Waals surface area contributed by atoms with Gasteiger partial charge in [-0.25, -0.2) is 49.7 Å². The van der Waals surface area contributed by atoms with Crippen LogP contribution in [0.15, 0.2) is 117 Å². The average Bonchev–Trinajstić information content (AvgIpc) is 1.57. The van der Waals surface area contributed by atoms with E-state index in [0.29, 0.717) is 57.7 Å². The fraction of sp³-hybridized carbons (Fsp3) is 0.419. The van der Waals surface area contributed by atoms with Gasteiger partial charge in [-0.1, -0.05) is 51.4 Å². The first kappa shape index (κ1) is 73.0. The zero-order chi connectivity index (χ0) is 76.8. The van der Waals surface area contributed by atoms with Gasteiger partial charge in [-0.05, 0) is 140 Å². The summed E-state index contributed by atoms with van der Waals surface area (Å²) in [7, 11) is 0. The maximum Gasteiger partial charge on any atom is 0.285 e. The van der Waals surface area contributed by atoms with Gasteiger partial charge >= 0.3 is 0 Å². The number of anilines is 12. The van der Waals surface area contributed by atoms with Crippen molar-refractivity contribution in [2.75, 3.05) is 43.8 Å². The van der Waals surface area contributed by atoms with Crippen LogP contribution >= 0.6 is 0 Å². The first-order valence-corrected chi connectivity index (χ1v) is 36.5. The lowest BCUT2D eigenvalue weighted by atomic mass is 9.91. The summed E-state index contributed by atoms with van der Waals surface area (Å²) in [5.41, 5.74) is 14.7. The van der Waals surface area contributed by atoms with E-state index in [0.717, 1.165) is 125 Å². The number of nitrogens with zero attached hydrogens (tertiary/aromatic N) is 16. The lowest BCUT2D eigenvalue weighted by molar-refractivity contribution is -0.117. The van der Waals surface area contributed by atoms with E-state index in [1.54, 1.807) is 71.5 Å². The number of carbonyl (C=O) groups is 5. The Hall–Kier alpha value is -13.0. The van der Waals surface area contributed by atoms with Gasteiger partial charge in [-0.15, -0.1) is 0 Å². The molecule has 0 bridgehead atoms. The Balaban J connectivity index is 0.000000122. The summed E-state index contributed by atoms with van der Waals surface area (Å²) in [6, 6.07) is 18.9. The molecule has 562 valence electrons. The molecule has 0 saturated heterocycles. The summed E-state index contributed by atoms with van der Waals surface area (Å²) >= 11 is 0. The Morgan fingerprint density at radius 3 is 1.02 bits per heavy atom. The fourth-order valence-electron chi connectivity index (χ4n) is 17.0. The van der Waals surface area contributed by atoms with Crippen LogP contribution in [0, 0.1) is 52.5 Å². The van der Waals surface area contributed by atoms with Crippen molar-refractivity contribution in [3.8, 4) is 12.4 Å². The Bertz CT molecular complexity index is 5160. The molecule has 0 radical (unpaired) electrons. The average molecular weight is 1480 g/mol. The second-order valence-electron chi connectivity index (χ2n) is 29.4. The van der Waals surface area contributed by atoms with Crippen molar-refractivity contribution < 1.29 is 24.0 Å². The van der Waals surface area contributed by atoms with E-state index in [4.69, 9.17) is 17.2 Å². The third-order valence-corrected chi connectivity index (χ3v) is 22.9. The van der Waals surface area contributed by atoms with Crippen LogP contribution in [0.4, 0.5) is 69.3 Å². The number of nitrogens with one attached hydrogen (secondary N) is 7. The first-order chi connectivity index (χ1) is 52.4. The van der Waals surface area contributed by atoms with E-state index in [2.05, 4.69) is 77.1 Å². The maximum atomic E-state index is 13.3. The zero-order valence-electron chi connectivity index (χ0n) is 60.4. The standard InChI is InChI=1S/C21H24N6O3.2C18H19N7O2.C17H20N6O2/c1-21(13-4-2-3-5-13)26-19(29)15-9-8-14(20(30)27(15)21)24-16-10-17(23-11-22-16)25-18(28)12-6-7-12;2*1-18(11-4-2-3-5-11)24(9-19)17(27)13-7-6-12(16(26)25(13)18)23-15-8-14(20)21-10-22-15;1-17(10-4-2-3-5-10)22-15(24)12-7-6-11(16(25)23(12)17)21-14-8-13(18)19-9-20-14/h8-13H,2-7H2,1H3,(H,26,29)(H2,22,23,24,25,28);2*6-8,10-11H,2-5H2,1H3,(H3,20,21,22,23);6-10H,2-5H2,1H3,(H,22,24)(H3,18,19,20,21). The molecule has 8 aromatic rings. The molecule has 17 rings (SSSR count). The molecule has 8 aromatic heterocycles. The summed E-state index contributed by atoms with van der Waals surface area (Å²) in [4.78, 5) is 150. The first-order valence-electron chi connectivity index (χ1n) is 36.5. The zero-order valence-corrected chi connectivity index (χ0v) is 60.4. The van der Waals surface area contributed by atoms with Crippen molar-refractivity contribution in [1.29, 1.82) is 10.5 Å². The predicted octanol–water partition coefficient (Wildman–Crippen LogP) is 7.43. The van der Waals surface area contributed by atoms with Crippen LogP contribution in [0.3, 0.4) is 0 Å². The number of fused-ring (bicyclic) bond motifs is 4. The molecule has 0 aromatic carbocycles. The van der Waals surface area contributed by atoms with Crippen LogP contribution in [-0.2, 0) is 27.4 Å². The molecule has 35 nitrogen and oxygen atoms in total. The van der Waals surface area contributed by atoms with Crippen molar-refractivity contribution in [2.45, 2.75) is 166 Å². The van der Waals surface area contributed by atoms with Crippen LogP contribution < -0.4 is 76.7 Å². The normalized spacial score (nSPS) is 22.4. The van der Waals surface area contributed by atoms with Gasteiger partial charge in [0.05, 0.1) is 0 Å². The van der Waals surface area contributed by atoms with E-state index in [9.17, 15) is 53.7 Å². The molecule has 5 amide bonds. The molecule has 109 heavy (non-hydrogen) atoms. The quantitative estimate of drug-likeness (QED) is 0.0473. The third kappa shape index (κ3) is 13.4. The molecule has 4 unspecified atom stereocenters. The molecule has 5 aliphatic carbocycles. The fourth-order valence-corrected chi connectivity index (χ4v) is 17.0. The SMILES string of the molecule is CC1(C2CCCC2)N(C#N)C(=O)c2ccc(Nc3cc(N)ncn3)c(=O)n21.CC1(C2CCCC2)N(C#N)C(=O)c2ccc(Nc3cc(N)ncn3)c(=O)n21.CC1(C2CCCC2)NC(=O)c2ccc(Nc3cc(N)ncn3)c(=O)n21.CC1(C2CCCC2)NC(=O)c2ccc(Nc3cc(NC(=O)C4CC4)ncn3)c(=O)n21. The molecule has 9 aliphatic rings. The third-order valence-electron chi connectivity index (χ3n) is 22.9. The van der Waals surface area contributed by atoms with E-state index in [1.165, 1.54) is 58.7 Å². The lowest BCUT2D eigenvalue weighted by Gasteiger charge is -2.37. The van der Waals surface area contributed by atoms with Crippen LogP contribution in [0.5, 0.6) is 0 Å². The summed E-state index contributed by atoms with van der Waals surface area (Å²) in [5, 5.41) is 40.0. The predicted molar refractivity (Wildman–Crippen MR) is 400 cm³/mol. The molecule has 4 aliphatic heterocycles. The number of hydrogen-bond donors (Lipinski definition) is 10. The molecule has 12 heterocycles. The van der Waals surface area contributed by atoms with E-state index < -0.39 is 34.5 Å². The van der Waals surface area contributed by atoms with E-state index in [-0.39, 0.29) is 104 Å². The van der Waals surface area contributed by atoms with Gasteiger partial charge in [-0.3, -0.25) is 61.4 Å². The second-order valence-corrected chi connectivity index (χ2v) is 29.4. The molecule has 5 fully saturated rings. The Morgan fingerprint density at radius 1 is 0.404 bits per heavy atom. The van der Waals surface area contributed by atoms with Gasteiger partial charge in [0, 0.05) is 53.9 Å². The molecule has 35 heteroatoms. The smallest absolute Gasteiger partial charge is 0.285 e. The Morgan fingerprint density at radius 2 is 0.697 bits per heavy atom. The highest BCUT2D eigenvalue weighted by atomic mass is 16.2. The second kappa shape index (κ2) is 29.1. The largest absolute Gasteiger partial charge is 0.384 e. The number of nitriles is 2. The summed E-state index contributed by atoms with van der Waals surface area (Å²) in [5.74, 6) is 2.11. The Labute approximate surface area is 623 Å². The van der Waals surface area contributed by atoms with E-state index >= 15 is 0 Å². The Kier molecular flexibility index (Phi) is 19.5. The lowest BCUT2D eigenvalue weighted by Crippen LogP contribution is -2.50. The van der Waals surface area contributed by atoms with E-state index in [1.807, 2.05) is 26.2 Å². The van der Waals surface area contributed by atoms with Gasteiger partial charge in [-0.2, -0.15) is 10.5 Å². The van der Waals surface area contributed by atoms with Crippen LogP contribution in [-0.4, -0.2) is 97.5 Å². The van der Waals surface area contributed by atoms with Crippen molar-refractivity contribution in [3.63, 3.8) is 0 Å². The number of hydrogen-bond acceptors (Lipinski definition) is 26. The van der Waals surface area contributed by atoms with Crippen LogP contribution in [0.25, 0.3) is 0 Å². The molecular weight excluding hydrogens is 1400 g/mol. The molecule has 13 N–H and O–H groups in total. The van der Waals surface area contributed by atoms with Gasteiger partial charge in [0.2, 0.25) is 5.91 Å². The van der Waals surface area contributed by atoms with Crippen molar-refractivity contribution >= 4 is 98.8 Å². The number of pyridine rings is 4. The van der Waals surface area contributed by atoms with Gasteiger partial charge in [0.1, 0.15) is 140 Å². The number of rotatable bonds is 14. The molecule has 4 atom stereocenters. The van der Waals surface area contributed by atoms with Crippen molar-refractivity contribution in [2.24, 2.45) is 29.6 Å². The highest BCUT2D eigenvalue weighted by Gasteiger charge is 2.55. The number of nitrogens with two attached hydrogens (primary N) is 3. The van der Waals surface area contributed by atoms with Gasteiger partial charge in [0.15, 0.2) is 12.4 Å². The topological polar surface area (TPSA) is 493 Å². The summed E-state index contributed by atoms with van der Waals surface area (Å²) in [6.45, 7) is 7.47. The van der Waals surface area contributed by atoms with Crippen LogP contribution in [0.1, 0.15) is 185 Å². The monoisotopic (exact) mass is 1480 g/mol. The number of nitrogen functional groups attached to an aromatic ring is 3.